The molecule has 0 atom stereocenters. The number of carbonyl (C=O) groups is 2. The Morgan fingerprint density at radius 3 is 2.47 bits per heavy atom. The molecule has 0 aliphatic heterocycles. The van der Waals surface area contributed by atoms with Crippen molar-refractivity contribution in [3.8, 4) is 0 Å². The minimum absolute atomic E-state index is 0.0153. The number of Topliss-reactive ketones (excluding diaryl/α,β-unsaturated/α-hetero) is 1. The van der Waals surface area contributed by atoms with Crippen molar-refractivity contribution in [2.24, 2.45) is 0 Å². The highest BCUT2D eigenvalue weighted by molar-refractivity contribution is 7.12. The third-order valence-electron chi connectivity index (χ3n) is 3.25. The average molecular weight is 280 g/mol. The van der Waals surface area contributed by atoms with Crippen LogP contribution in [0.2, 0.25) is 0 Å². The zero-order valence-corrected chi connectivity index (χ0v) is 12.5. The molecule has 0 radical (unpaired) electrons. The number of likely N-dealkylation sites (N-methyl/N-ethyl adjacent to an activating group) is 1. The van der Waals surface area contributed by atoms with E-state index < -0.39 is 0 Å². The molecule has 0 N–H and O–H groups in total. The van der Waals surface area contributed by atoms with Crippen LogP contribution in [0.25, 0.3) is 0 Å². The van der Waals surface area contributed by atoms with Gasteiger partial charge in [-0.1, -0.05) is 0 Å². The number of rotatable bonds is 6. The highest BCUT2D eigenvalue weighted by Crippen LogP contribution is 2.29. The predicted molar refractivity (Wildman–Crippen MR) is 76.9 cm³/mol. The van der Waals surface area contributed by atoms with E-state index in [9.17, 15) is 9.59 Å². The molecule has 0 bridgehead atoms. The van der Waals surface area contributed by atoms with Gasteiger partial charge in [0.05, 0.1) is 4.88 Å². The number of hydrogen-bond acceptors (Lipinski definition) is 4. The molecule has 4 nitrogen and oxygen atoms in total. The van der Waals surface area contributed by atoms with Crippen molar-refractivity contribution >= 4 is 23.0 Å². The molecule has 0 saturated heterocycles. The maximum atomic E-state index is 12.5. The van der Waals surface area contributed by atoms with E-state index in [0.29, 0.717) is 16.5 Å². The third-order valence-corrected chi connectivity index (χ3v) is 4.17. The molecule has 19 heavy (non-hydrogen) atoms. The molecule has 1 aliphatic carbocycles. The lowest BCUT2D eigenvalue weighted by molar-refractivity contribution is 0.0737. The van der Waals surface area contributed by atoms with Gasteiger partial charge in [-0.3, -0.25) is 9.59 Å². The first-order valence-corrected chi connectivity index (χ1v) is 7.42. The molecule has 104 valence electrons. The maximum absolute atomic E-state index is 12.5. The molecule has 1 saturated carbocycles. The predicted octanol–water partition coefficient (Wildman–Crippen LogP) is 2.12. The summed E-state index contributed by atoms with van der Waals surface area (Å²) in [6.07, 6.45) is 2.20. The van der Waals surface area contributed by atoms with E-state index in [-0.39, 0.29) is 11.7 Å². The third kappa shape index (κ3) is 3.64. The van der Waals surface area contributed by atoms with Crippen LogP contribution in [0, 0.1) is 0 Å². The monoisotopic (exact) mass is 280 g/mol. The van der Waals surface area contributed by atoms with Crippen molar-refractivity contribution in [3.05, 3.63) is 21.9 Å². The standard InChI is InChI=1S/C14H20N2O2S/c1-10(17)11-8-13(19-9-11)14(18)16(12-4-5-12)7-6-15(2)3/h8-9,12H,4-7H2,1-3H3. The van der Waals surface area contributed by atoms with Crippen molar-refractivity contribution in [3.63, 3.8) is 0 Å². The van der Waals surface area contributed by atoms with E-state index in [2.05, 4.69) is 4.90 Å². The van der Waals surface area contributed by atoms with Crippen LogP contribution in [0.5, 0.6) is 0 Å². The zero-order valence-electron chi connectivity index (χ0n) is 11.7. The molecular formula is C14H20N2O2S. The van der Waals surface area contributed by atoms with Gasteiger partial charge in [-0.2, -0.15) is 0 Å². The lowest BCUT2D eigenvalue weighted by atomic mass is 10.2. The van der Waals surface area contributed by atoms with Crippen LogP contribution in [0.15, 0.2) is 11.4 Å². The van der Waals surface area contributed by atoms with E-state index >= 15 is 0 Å². The van der Waals surface area contributed by atoms with E-state index in [1.165, 1.54) is 18.3 Å². The number of hydrogen-bond donors (Lipinski definition) is 0. The van der Waals surface area contributed by atoms with Crippen LogP contribution in [0.3, 0.4) is 0 Å². The van der Waals surface area contributed by atoms with Gasteiger partial charge in [-0.25, -0.2) is 0 Å². The first-order chi connectivity index (χ1) is 8.99. The van der Waals surface area contributed by atoms with Gasteiger partial charge in [0.2, 0.25) is 0 Å². The van der Waals surface area contributed by atoms with Crippen molar-refractivity contribution < 1.29 is 9.59 Å². The van der Waals surface area contributed by atoms with Gasteiger partial charge in [0.1, 0.15) is 0 Å². The van der Waals surface area contributed by atoms with Crippen molar-refractivity contribution in [2.75, 3.05) is 27.2 Å². The number of nitrogens with zero attached hydrogens (tertiary/aromatic N) is 2. The van der Waals surface area contributed by atoms with Gasteiger partial charge in [-0.05, 0) is 39.9 Å². The fourth-order valence-electron chi connectivity index (χ4n) is 1.92. The summed E-state index contributed by atoms with van der Waals surface area (Å²) in [6.45, 7) is 3.15. The Bertz CT molecular complexity index is 478. The Morgan fingerprint density at radius 1 is 1.32 bits per heavy atom. The van der Waals surface area contributed by atoms with Crippen molar-refractivity contribution in [1.82, 2.24) is 9.80 Å². The number of ketones is 1. The molecule has 1 aromatic rings. The van der Waals surface area contributed by atoms with Crippen LogP contribution in [-0.2, 0) is 0 Å². The molecular weight excluding hydrogens is 260 g/mol. The van der Waals surface area contributed by atoms with Crippen LogP contribution in [-0.4, -0.2) is 54.7 Å². The Kier molecular flexibility index (Phi) is 4.37. The molecule has 2 rings (SSSR count). The highest BCUT2D eigenvalue weighted by atomic mass is 32.1. The molecule has 1 aromatic heterocycles. The summed E-state index contributed by atoms with van der Waals surface area (Å²) in [5, 5.41) is 1.77. The van der Waals surface area contributed by atoms with E-state index in [1.807, 2.05) is 19.0 Å². The highest BCUT2D eigenvalue weighted by Gasteiger charge is 2.33. The van der Waals surface area contributed by atoms with Gasteiger partial charge in [0.15, 0.2) is 5.78 Å². The molecule has 1 amide bonds. The quantitative estimate of drug-likeness (QED) is 0.749. The first-order valence-electron chi connectivity index (χ1n) is 6.54. The first kappa shape index (κ1) is 14.2. The summed E-state index contributed by atoms with van der Waals surface area (Å²) in [4.78, 5) is 28.5. The van der Waals surface area contributed by atoms with Gasteiger partial charge < -0.3 is 9.80 Å². The summed E-state index contributed by atoms with van der Waals surface area (Å²) in [7, 11) is 4.02. The smallest absolute Gasteiger partial charge is 0.264 e. The lowest BCUT2D eigenvalue weighted by Crippen LogP contribution is -2.37. The van der Waals surface area contributed by atoms with Crippen LogP contribution >= 0.6 is 11.3 Å². The molecule has 1 fully saturated rings. The molecule has 5 heteroatoms. The normalized spacial score (nSPS) is 14.7. The fourth-order valence-corrected chi connectivity index (χ4v) is 2.82. The van der Waals surface area contributed by atoms with Crippen molar-refractivity contribution in [2.45, 2.75) is 25.8 Å². The summed E-state index contributed by atoms with van der Waals surface area (Å²) in [6, 6.07) is 2.12. The molecule has 1 heterocycles. The lowest BCUT2D eigenvalue weighted by Gasteiger charge is -2.23. The van der Waals surface area contributed by atoms with Crippen LogP contribution in [0.4, 0.5) is 0 Å². The second kappa shape index (κ2) is 5.84. The minimum Gasteiger partial charge on any atom is -0.334 e. The summed E-state index contributed by atoms with van der Waals surface area (Å²) in [5.41, 5.74) is 0.636. The number of thiophene rings is 1. The van der Waals surface area contributed by atoms with E-state index in [4.69, 9.17) is 0 Å². The summed E-state index contributed by atoms with van der Waals surface area (Å²) < 4.78 is 0. The van der Waals surface area contributed by atoms with Gasteiger partial charge in [0.25, 0.3) is 5.91 Å². The van der Waals surface area contributed by atoms with Crippen molar-refractivity contribution in [1.29, 1.82) is 0 Å². The van der Waals surface area contributed by atoms with Gasteiger partial charge in [0, 0.05) is 30.1 Å². The Labute approximate surface area is 118 Å². The SMILES string of the molecule is CC(=O)c1csc(C(=O)N(CCN(C)C)C2CC2)c1. The van der Waals surface area contributed by atoms with Gasteiger partial charge >= 0.3 is 0 Å². The Hall–Kier alpha value is -1.20. The second-order valence-electron chi connectivity index (χ2n) is 5.29. The molecule has 0 unspecified atom stereocenters. The van der Waals surface area contributed by atoms with Gasteiger partial charge in [-0.15, -0.1) is 11.3 Å². The number of carbonyl (C=O) groups excluding carboxylic acids is 2. The maximum Gasteiger partial charge on any atom is 0.264 e. The van der Waals surface area contributed by atoms with E-state index in [1.54, 1.807) is 11.4 Å². The summed E-state index contributed by atoms with van der Waals surface area (Å²) >= 11 is 1.37. The Balaban J connectivity index is 2.07. The molecule has 0 spiro atoms. The van der Waals surface area contributed by atoms with E-state index in [0.717, 1.165) is 25.9 Å². The Morgan fingerprint density at radius 2 is 2.00 bits per heavy atom. The zero-order chi connectivity index (χ0) is 14.0. The topological polar surface area (TPSA) is 40.6 Å². The largest absolute Gasteiger partial charge is 0.334 e. The average Bonchev–Trinajstić information content (AvgIpc) is 3.05. The second-order valence-corrected chi connectivity index (χ2v) is 6.20. The van der Waals surface area contributed by atoms with Crippen LogP contribution in [0.1, 0.15) is 39.8 Å². The fraction of sp³-hybridized carbons (Fsp3) is 0.571. The summed E-state index contributed by atoms with van der Waals surface area (Å²) in [5.74, 6) is 0.0865. The molecule has 0 aromatic carbocycles. The number of amides is 1. The molecule has 1 aliphatic rings. The van der Waals surface area contributed by atoms with Crippen LogP contribution < -0.4 is 0 Å². The minimum atomic E-state index is 0.0153.